The molecule has 0 aliphatic carbocycles. The highest BCUT2D eigenvalue weighted by atomic mass is 32.2. The standard InChI is InChI=1S/C28H31F2N7O3S/c1-16(2)37-26-24(15-32-28(35-26)33-21-12-20(29)13-31-14-21)34-25(27(37)38)19-9-10-23(22(30)11-19)36-41(39,40)17(3)18-7-5-4-6-8-18/h4-11,15-17,20-21,31,36H,12-14H2,1-3H3,(H,32,33,35)/t17-,20+,21+/m1/s1. The van der Waals surface area contributed by atoms with E-state index in [9.17, 15) is 17.6 Å². The number of alkyl halides is 1. The number of rotatable bonds is 8. The Morgan fingerprint density at radius 1 is 1.07 bits per heavy atom. The largest absolute Gasteiger partial charge is 0.350 e. The average molecular weight is 584 g/mol. The Labute approximate surface area is 236 Å². The molecule has 0 unspecified atom stereocenters. The zero-order valence-electron chi connectivity index (χ0n) is 22.8. The van der Waals surface area contributed by atoms with Gasteiger partial charge in [-0.3, -0.25) is 14.1 Å². The van der Waals surface area contributed by atoms with Crippen LogP contribution in [-0.2, 0) is 10.0 Å². The van der Waals surface area contributed by atoms with Gasteiger partial charge in [0.15, 0.2) is 5.65 Å². The third-order valence-corrected chi connectivity index (χ3v) is 8.71. The van der Waals surface area contributed by atoms with Crippen molar-refractivity contribution >= 4 is 32.8 Å². The Bertz CT molecular complexity index is 1730. The SMILES string of the molecule is CC(C)n1c(=O)c(-c2ccc(NS(=O)(=O)[C@H](C)c3ccccc3)c(F)c2)nc2cnc(N[C@@H]3CNC[C@@H](F)C3)nc21. The maximum Gasteiger partial charge on any atom is 0.278 e. The van der Waals surface area contributed by atoms with E-state index in [1.54, 1.807) is 30.3 Å². The molecule has 3 heterocycles. The summed E-state index contributed by atoms with van der Waals surface area (Å²) < 4.78 is 58.6. The predicted octanol–water partition coefficient (Wildman–Crippen LogP) is 4.19. The van der Waals surface area contributed by atoms with Crippen LogP contribution in [0.1, 0.15) is 44.0 Å². The van der Waals surface area contributed by atoms with Crippen LogP contribution < -0.4 is 20.9 Å². The van der Waals surface area contributed by atoms with Crippen LogP contribution in [0.15, 0.2) is 59.5 Å². The van der Waals surface area contributed by atoms with Crippen molar-refractivity contribution in [2.45, 2.75) is 50.7 Å². The summed E-state index contributed by atoms with van der Waals surface area (Å²) in [7, 11) is -3.96. The van der Waals surface area contributed by atoms with Crippen LogP contribution in [0, 0.1) is 5.82 Å². The van der Waals surface area contributed by atoms with Crippen LogP contribution in [0.3, 0.4) is 0 Å². The Kier molecular flexibility index (Phi) is 8.00. The van der Waals surface area contributed by atoms with Crippen molar-refractivity contribution < 1.29 is 17.2 Å². The van der Waals surface area contributed by atoms with Gasteiger partial charge in [0.2, 0.25) is 16.0 Å². The minimum absolute atomic E-state index is 0.0294. The smallest absolute Gasteiger partial charge is 0.278 e. The van der Waals surface area contributed by atoms with Crippen LogP contribution in [0.2, 0.25) is 0 Å². The molecule has 3 atom stereocenters. The van der Waals surface area contributed by atoms with Gasteiger partial charge >= 0.3 is 0 Å². The van der Waals surface area contributed by atoms with E-state index in [0.717, 1.165) is 6.07 Å². The number of benzene rings is 2. The predicted molar refractivity (Wildman–Crippen MR) is 155 cm³/mol. The number of aromatic nitrogens is 4. The Hall–Kier alpha value is -3.97. The first kappa shape index (κ1) is 28.6. The van der Waals surface area contributed by atoms with Crippen molar-refractivity contribution in [2.24, 2.45) is 0 Å². The lowest BCUT2D eigenvalue weighted by atomic mass is 10.1. The molecule has 1 aliphatic rings. The van der Waals surface area contributed by atoms with Crippen LogP contribution in [0.4, 0.5) is 20.4 Å². The quantitative estimate of drug-likeness (QED) is 0.282. The lowest BCUT2D eigenvalue weighted by molar-refractivity contribution is 0.254. The summed E-state index contributed by atoms with van der Waals surface area (Å²) in [6.45, 7) is 6.00. The number of sulfonamides is 1. The lowest BCUT2D eigenvalue weighted by Crippen LogP contribution is -2.44. The molecule has 216 valence electrons. The second kappa shape index (κ2) is 11.5. The first-order valence-electron chi connectivity index (χ1n) is 13.3. The van der Waals surface area contributed by atoms with E-state index in [1.807, 2.05) is 13.8 Å². The molecule has 1 aliphatic heterocycles. The molecule has 0 radical (unpaired) electrons. The van der Waals surface area contributed by atoms with Crippen molar-refractivity contribution in [1.29, 1.82) is 0 Å². The molecule has 5 rings (SSSR count). The van der Waals surface area contributed by atoms with Crippen molar-refractivity contribution in [3.63, 3.8) is 0 Å². The summed E-state index contributed by atoms with van der Waals surface area (Å²) in [6.07, 6.45) is 0.791. The van der Waals surface area contributed by atoms with E-state index in [1.165, 1.54) is 29.8 Å². The van der Waals surface area contributed by atoms with Crippen molar-refractivity contribution in [2.75, 3.05) is 23.1 Å². The number of anilines is 2. The summed E-state index contributed by atoms with van der Waals surface area (Å²) in [6, 6.07) is 11.9. The summed E-state index contributed by atoms with van der Waals surface area (Å²) >= 11 is 0. The van der Waals surface area contributed by atoms with Gasteiger partial charge in [0.1, 0.15) is 28.4 Å². The summed E-state index contributed by atoms with van der Waals surface area (Å²) in [5.74, 6) is -0.610. The molecule has 0 bridgehead atoms. The molecule has 0 amide bonds. The molecule has 4 aromatic rings. The maximum atomic E-state index is 15.2. The van der Waals surface area contributed by atoms with Crippen LogP contribution in [-0.4, -0.2) is 53.2 Å². The molecule has 2 aromatic heterocycles. The molecular weight excluding hydrogens is 552 g/mol. The summed E-state index contributed by atoms with van der Waals surface area (Å²) in [5, 5.41) is 5.20. The summed E-state index contributed by atoms with van der Waals surface area (Å²) in [4.78, 5) is 26.8. The van der Waals surface area contributed by atoms with Gasteiger partial charge in [-0.15, -0.1) is 0 Å². The highest BCUT2D eigenvalue weighted by Crippen LogP contribution is 2.28. The maximum absolute atomic E-state index is 15.2. The molecule has 13 heteroatoms. The minimum Gasteiger partial charge on any atom is -0.350 e. The number of fused-ring (bicyclic) bond motifs is 1. The number of halogens is 2. The monoisotopic (exact) mass is 583 g/mol. The first-order valence-corrected chi connectivity index (χ1v) is 14.8. The van der Waals surface area contributed by atoms with Crippen molar-refractivity contribution in [3.05, 3.63) is 76.5 Å². The van der Waals surface area contributed by atoms with E-state index in [2.05, 4.69) is 30.3 Å². The third-order valence-electron chi connectivity index (χ3n) is 7.01. The fraction of sp³-hybridized carbons (Fsp3) is 0.357. The number of piperidine rings is 1. The van der Waals surface area contributed by atoms with Gasteiger partial charge in [0.05, 0.1) is 11.9 Å². The molecular formula is C28H31F2N7O3S. The fourth-order valence-corrected chi connectivity index (χ4v) is 5.97. The van der Waals surface area contributed by atoms with Gasteiger partial charge in [-0.2, -0.15) is 4.98 Å². The Morgan fingerprint density at radius 2 is 1.83 bits per heavy atom. The fourth-order valence-electron chi connectivity index (χ4n) is 4.81. The molecule has 0 saturated carbocycles. The molecule has 1 saturated heterocycles. The summed E-state index contributed by atoms with van der Waals surface area (Å²) in [5.41, 5.74) is 0.566. The van der Waals surface area contributed by atoms with E-state index in [0.29, 0.717) is 30.6 Å². The zero-order valence-corrected chi connectivity index (χ0v) is 23.6. The average Bonchev–Trinajstić information content (AvgIpc) is 2.93. The number of nitrogens with zero attached hydrogens (tertiary/aromatic N) is 4. The first-order chi connectivity index (χ1) is 19.5. The van der Waals surface area contributed by atoms with E-state index in [-0.39, 0.29) is 40.6 Å². The van der Waals surface area contributed by atoms with Gasteiger partial charge in [-0.05, 0) is 38.5 Å². The molecule has 2 aromatic carbocycles. The van der Waals surface area contributed by atoms with E-state index < -0.39 is 32.8 Å². The number of hydrogen-bond acceptors (Lipinski definition) is 8. The van der Waals surface area contributed by atoms with Gasteiger partial charge in [0, 0.05) is 37.2 Å². The second-order valence-electron chi connectivity index (χ2n) is 10.4. The molecule has 41 heavy (non-hydrogen) atoms. The van der Waals surface area contributed by atoms with Crippen LogP contribution in [0.25, 0.3) is 22.4 Å². The molecule has 0 spiro atoms. The van der Waals surface area contributed by atoms with Gasteiger partial charge < -0.3 is 10.6 Å². The molecule has 3 N–H and O–H groups in total. The highest BCUT2D eigenvalue weighted by molar-refractivity contribution is 7.92. The minimum atomic E-state index is -3.96. The molecule has 10 nitrogen and oxygen atoms in total. The van der Waals surface area contributed by atoms with E-state index in [4.69, 9.17) is 0 Å². The van der Waals surface area contributed by atoms with Crippen molar-refractivity contribution in [3.8, 4) is 11.3 Å². The zero-order chi connectivity index (χ0) is 29.3. The van der Waals surface area contributed by atoms with Crippen LogP contribution >= 0.6 is 0 Å². The van der Waals surface area contributed by atoms with Gasteiger partial charge in [-0.25, -0.2) is 27.2 Å². The number of nitrogens with one attached hydrogen (secondary N) is 3. The van der Waals surface area contributed by atoms with Gasteiger partial charge in [-0.1, -0.05) is 36.4 Å². The number of hydrogen-bond donors (Lipinski definition) is 3. The second-order valence-corrected chi connectivity index (χ2v) is 12.4. The van der Waals surface area contributed by atoms with Gasteiger partial charge in [0.25, 0.3) is 5.56 Å². The third kappa shape index (κ3) is 6.05. The Morgan fingerprint density at radius 3 is 2.51 bits per heavy atom. The Balaban J connectivity index is 1.46. The normalized spacial score (nSPS) is 18.4. The topological polar surface area (TPSA) is 131 Å². The van der Waals surface area contributed by atoms with Crippen LogP contribution in [0.5, 0.6) is 0 Å². The van der Waals surface area contributed by atoms with Crippen molar-refractivity contribution in [1.82, 2.24) is 24.8 Å². The van der Waals surface area contributed by atoms with E-state index >= 15 is 4.39 Å². The molecule has 1 fully saturated rings. The highest BCUT2D eigenvalue weighted by Gasteiger charge is 2.25. The lowest BCUT2D eigenvalue weighted by Gasteiger charge is -2.26.